The molecular weight excluding hydrogens is 498 g/mol. The first-order valence-corrected chi connectivity index (χ1v) is 17.3. The topological polar surface area (TPSA) is 73.8 Å². The number of rotatable bonds is 2. The summed E-state index contributed by atoms with van der Waals surface area (Å²) in [5.41, 5.74) is 4.12. The number of carbonyl (C=O) groups excluding carboxylic acids is 1. The van der Waals surface area contributed by atoms with Gasteiger partial charge in [-0.3, -0.25) is 5.43 Å². The van der Waals surface area contributed by atoms with Crippen molar-refractivity contribution in [3.8, 4) is 0 Å². The van der Waals surface area contributed by atoms with E-state index in [9.17, 15) is 9.90 Å². The van der Waals surface area contributed by atoms with Gasteiger partial charge in [-0.1, -0.05) is 27.7 Å². The number of hydrogen-bond acceptors (Lipinski definition) is 4. The Morgan fingerprint density at radius 3 is 2.33 bits per heavy atom. The number of aliphatic hydroxyl groups is 1. The molecule has 40 heavy (non-hydrogen) atoms. The molecule has 5 saturated carbocycles. The summed E-state index contributed by atoms with van der Waals surface area (Å²) in [5.74, 6) is 5.63. The molecule has 2 amide bonds. The number of nitrogens with zero attached hydrogens (tertiary/aromatic N) is 1. The lowest BCUT2D eigenvalue weighted by molar-refractivity contribution is -0.128. The normalized spacial score (nSPS) is 52.9. The van der Waals surface area contributed by atoms with Crippen LogP contribution in [0, 0.1) is 52.3 Å². The van der Waals surface area contributed by atoms with E-state index in [0.29, 0.717) is 22.9 Å². The number of nitrogens with one attached hydrogen (secondary N) is 2. The third-order valence-corrected chi connectivity index (χ3v) is 14.7. The summed E-state index contributed by atoms with van der Waals surface area (Å²) in [4.78, 5) is 12.8. The lowest BCUT2D eigenvalue weighted by Gasteiger charge is -2.61. The standard InChI is InChI=1S/C34H57N3O3/c1-21-7-15-34(16-8-21)22(2)30-29(40-34)20-28-26-6-5-23-19-24(35-31(39)36-37-17-11-25(38)12-18-37)9-13-32(23,3)27(26)10-14-33(28,30)4/h21-30,38H,5-20H2,1-4H3,(H2,35,36,39)/t21-,22-,23+,24+,26+,27-,28-,29-,30-,32-,33-,34-/m0/s1. The summed E-state index contributed by atoms with van der Waals surface area (Å²) in [6.07, 6.45) is 17.4. The van der Waals surface area contributed by atoms with Crippen molar-refractivity contribution in [2.45, 2.75) is 141 Å². The summed E-state index contributed by atoms with van der Waals surface area (Å²) in [7, 11) is 0. The third kappa shape index (κ3) is 4.39. The number of fused-ring (bicyclic) bond motifs is 7. The monoisotopic (exact) mass is 555 g/mol. The molecule has 10 atom stereocenters. The van der Waals surface area contributed by atoms with Gasteiger partial charge in [0, 0.05) is 19.1 Å². The van der Waals surface area contributed by atoms with E-state index < -0.39 is 0 Å². The molecule has 6 nitrogen and oxygen atoms in total. The van der Waals surface area contributed by atoms with E-state index in [-0.39, 0.29) is 23.8 Å². The largest absolute Gasteiger partial charge is 0.393 e. The van der Waals surface area contributed by atoms with Crippen molar-refractivity contribution in [1.82, 2.24) is 15.8 Å². The first kappa shape index (κ1) is 28.0. The Morgan fingerprint density at radius 1 is 0.850 bits per heavy atom. The molecule has 2 saturated heterocycles. The van der Waals surface area contributed by atoms with Crippen molar-refractivity contribution in [1.29, 1.82) is 0 Å². The summed E-state index contributed by atoms with van der Waals surface area (Å²) in [6, 6.07) is 0.234. The van der Waals surface area contributed by atoms with Gasteiger partial charge < -0.3 is 15.2 Å². The molecule has 2 heterocycles. The summed E-state index contributed by atoms with van der Waals surface area (Å²) < 4.78 is 7.19. The Balaban J connectivity index is 0.990. The van der Waals surface area contributed by atoms with E-state index in [1.54, 1.807) is 0 Å². The zero-order valence-corrected chi connectivity index (χ0v) is 25.8. The highest BCUT2D eigenvalue weighted by atomic mass is 16.5. The molecule has 7 rings (SSSR count). The molecule has 0 radical (unpaired) electrons. The molecule has 5 aliphatic carbocycles. The van der Waals surface area contributed by atoms with E-state index in [1.165, 1.54) is 64.2 Å². The van der Waals surface area contributed by atoms with Gasteiger partial charge in [0.05, 0.1) is 17.8 Å². The average Bonchev–Trinajstić information content (AvgIpc) is 3.37. The number of hydrogen-bond donors (Lipinski definition) is 3. The number of hydrazine groups is 1. The van der Waals surface area contributed by atoms with Gasteiger partial charge in [0.2, 0.25) is 0 Å². The molecule has 7 fully saturated rings. The van der Waals surface area contributed by atoms with Crippen molar-refractivity contribution < 1.29 is 14.6 Å². The molecule has 0 aromatic carbocycles. The van der Waals surface area contributed by atoms with Crippen LogP contribution in [0.3, 0.4) is 0 Å². The van der Waals surface area contributed by atoms with E-state index in [2.05, 4.69) is 38.4 Å². The van der Waals surface area contributed by atoms with Crippen molar-refractivity contribution in [3.05, 3.63) is 0 Å². The lowest BCUT2D eigenvalue weighted by Crippen LogP contribution is -2.57. The van der Waals surface area contributed by atoms with Crippen LogP contribution in [0.1, 0.15) is 118 Å². The highest BCUT2D eigenvalue weighted by Gasteiger charge is 2.68. The number of amides is 2. The van der Waals surface area contributed by atoms with Crippen LogP contribution >= 0.6 is 0 Å². The van der Waals surface area contributed by atoms with Gasteiger partial charge >= 0.3 is 6.03 Å². The van der Waals surface area contributed by atoms with Crippen LogP contribution in [0.4, 0.5) is 4.79 Å². The quantitative estimate of drug-likeness (QED) is 0.375. The number of ether oxygens (including phenoxy) is 1. The van der Waals surface area contributed by atoms with E-state index in [4.69, 9.17) is 4.74 Å². The average molecular weight is 556 g/mol. The molecule has 226 valence electrons. The predicted molar refractivity (Wildman–Crippen MR) is 157 cm³/mol. The van der Waals surface area contributed by atoms with Crippen molar-refractivity contribution >= 4 is 6.03 Å². The van der Waals surface area contributed by atoms with Crippen LogP contribution in [-0.2, 0) is 4.74 Å². The zero-order chi connectivity index (χ0) is 27.9. The van der Waals surface area contributed by atoms with Crippen LogP contribution in [0.5, 0.6) is 0 Å². The minimum atomic E-state index is -0.220. The van der Waals surface area contributed by atoms with Gasteiger partial charge in [0.15, 0.2) is 0 Å². The Kier molecular flexibility index (Phi) is 7.07. The second-order valence-electron chi connectivity index (χ2n) is 16.4. The van der Waals surface area contributed by atoms with E-state index >= 15 is 0 Å². The number of aliphatic hydroxyl groups excluding tert-OH is 1. The van der Waals surface area contributed by atoms with Crippen LogP contribution in [0.25, 0.3) is 0 Å². The maximum absolute atomic E-state index is 12.8. The molecule has 0 aromatic heterocycles. The Bertz CT molecular complexity index is 958. The van der Waals surface area contributed by atoms with Gasteiger partial charge in [-0.05, 0) is 142 Å². The zero-order valence-electron chi connectivity index (χ0n) is 25.8. The fourth-order valence-corrected chi connectivity index (χ4v) is 12.3. The molecule has 7 aliphatic rings. The molecule has 0 aromatic rings. The Morgan fingerprint density at radius 2 is 1.57 bits per heavy atom. The van der Waals surface area contributed by atoms with Crippen molar-refractivity contribution in [2.75, 3.05) is 13.1 Å². The highest BCUT2D eigenvalue weighted by molar-refractivity contribution is 5.73. The molecule has 0 bridgehead atoms. The first-order valence-electron chi connectivity index (χ1n) is 17.3. The Hall–Kier alpha value is -0.850. The van der Waals surface area contributed by atoms with Crippen LogP contribution in [0.15, 0.2) is 0 Å². The van der Waals surface area contributed by atoms with Crippen LogP contribution < -0.4 is 10.7 Å². The number of urea groups is 1. The number of piperidine rings is 1. The second-order valence-corrected chi connectivity index (χ2v) is 16.4. The molecular formula is C34H57N3O3. The molecule has 3 N–H and O–H groups in total. The van der Waals surface area contributed by atoms with Crippen molar-refractivity contribution in [2.24, 2.45) is 52.3 Å². The third-order valence-electron chi connectivity index (χ3n) is 14.7. The highest BCUT2D eigenvalue weighted by Crippen LogP contribution is 2.71. The van der Waals surface area contributed by atoms with Gasteiger partial charge in [0.1, 0.15) is 0 Å². The summed E-state index contributed by atoms with van der Waals surface area (Å²) >= 11 is 0. The molecule has 6 heteroatoms. The fourth-order valence-electron chi connectivity index (χ4n) is 12.3. The van der Waals surface area contributed by atoms with Gasteiger partial charge in [-0.2, -0.15) is 0 Å². The summed E-state index contributed by atoms with van der Waals surface area (Å²) in [6.45, 7) is 11.8. The van der Waals surface area contributed by atoms with Crippen molar-refractivity contribution in [3.63, 3.8) is 0 Å². The molecule has 2 aliphatic heterocycles. The Labute approximate surface area is 243 Å². The van der Waals surface area contributed by atoms with E-state index in [1.807, 2.05) is 5.01 Å². The maximum Gasteiger partial charge on any atom is 0.329 e. The van der Waals surface area contributed by atoms with Gasteiger partial charge in [-0.15, -0.1) is 0 Å². The second kappa shape index (κ2) is 10.1. The molecule has 0 unspecified atom stereocenters. The minimum absolute atomic E-state index is 0.0519. The van der Waals surface area contributed by atoms with Gasteiger partial charge in [0.25, 0.3) is 0 Å². The smallest absolute Gasteiger partial charge is 0.329 e. The maximum atomic E-state index is 12.8. The van der Waals surface area contributed by atoms with Crippen LogP contribution in [0.2, 0.25) is 0 Å². The summed E-state index contributed by atoms with van der Waals surface area (Å²) in [5, 5.41) is 15.1. The van der Waals surface area contributed by atoms with E-state index in [0.717, 1.165) is 74.3 Å². The van der Waals surface area contributed by atoms with Gasteiger partial charge in [-0.25, -0.2) is 9.80 Å². The molecule has 1 spiro atoms. The van der Waals surface area contributed by atoms with Crippen LogP contribution in [-0.4, -0.2) is 53.1 Å². The minimum Gasteiger partial charge on any atom is -0.393 e. The fraction of sp³-hybridized carbons (Fsp3) is 0.971. The lowest BCUT2D eigenvalue weighted by atomic mass is 9.44. The number of carbonyl (C=O) groups is 1. The first-order chi connectivity index (χ1) is 19.1. The predicted octanol–water partition coefficient (Wildman–Crippen LogP) is 6.28. The SMILES string of the molecule is C[C@H]1[C@H]2[C@H](C[C@H]3[C@@H]4CC[C@@H]5C[C@H](NC(=O)NN6CCC(O)CC6)CC[C@]5(C)[C@H]4CC[C@]23C)O[C@]12CC[C@H](C)CC2.